The van der Waals surface area contributed by atoms with Gasteiger partial charge < -0.3 is 15.0 Å². The molecule has 2 saturated heterocycles. The van der Waals surface area contributed by atoms with Gasteiger partial charge in [0.2, 0.25) is 0 Å². The maximum absolute atomic E-state index is 5.68. The van der Waals surface area contributed by atoms with Gasteiger partial charge in [-0.15, -0.1) is 11.3 Å². The van der Waals surface area contributed by atoms with E-state index in [0.717, 1.165) is 69.5 Å². The predicted molar refractivity (Wildman–Crippen MR) is 116 cm³/mol. The highest BCUT2D eigenvalue weighted by molar-refractivity contribution is 7.80. The van der Waals surface area contributed by atoms with E-state index in [0.29, 0.717) is 5.92 Å². The third-order valence-electron chi connectivity index (χ3n) is 5.40. The van der Waals surface area contributed by atoms with Gasteiger partial charge in [0.15, 0.2) is 5.11 Å². The Morgan fingerprint density at radius 1 is 1.26 bits per heavy atom. The quantitative estimate of drug-likeness (QED) is 0.610. The molecule has 0 saturated carbocycles. The van der Waals surface area contributed by atoms with Crippen LogP contribution in [0.1, 0.15) is 30.2 Å². The SMILES string of the molecule is S=C(NCCCN1CCOCC1)N1CCC[C@H](c2nc3ccccc3s2)C1. The Balaban J connectivity index is 1.25. The van der Waals surface area contributed by atoms with Gasteiger partial charge >= 0.3 is 0 Å². The van der Waals surface area contributed by atoms with E-state index in [2.05, 4.69) is 39.4 Å². The third kappa shape index (κ3) is 4.96. The van der Waals surface area contributed by atoms with Crippen LogP contribution in [0.2, 0.25) is 0 Å². The maximum Gasteiger partial charge on any atom is 0.168 e. The Kier molecular flexibility index (Phi) is 6.55. The van der Waals surface area contributed by atoms with Crippen LogP contribution in [-0.4, -0.2) is 72.4 Å². The molecule has 0 bridgehead atoms. The van der Waals surface area contributed by atoms with Crippen molar-refractivity contribution in [3.8, 4) is 0 Å². The number of piperidine rings is 1. The fourth-order valence-electron chi connectivity index (χ4n) is 3.86. The second-order valence-corrected chi connectivity index (χ2v) is 8.79. The lowest BCUT2D eigenvalue weighted by Crippen LogP contribution is -2.45. The standard InChI is InChI=1S/C20H28N4OS2/c26-20(21-8-4-9-23-11-13-25-14-12-23)24-10-3-5-16(15-24)19-22-17-6-1-2-7-18(17)27-19/h1-2,6-7,16H,3-5,8-15H2,(H,21,26)/t16-/m0/s1. The number of rotatable bonds is 5. The van der Waals surface area contributed by atoms with Crippen LogP contribution in [0, 0.1) is 0 Å². The van der Waals surface area contributed by atoms with Crippen LogP contribution in [0.15, 0.2) is 24.3 Å². The highest BCUT2D eigenvalue weighted by Gasteiger charge is 2.25. The molecule has 3 heterocycles. The fraction of sp³-hybridized carbons (Fsp3) is 0.600. The van der Waals surface area contributed by atoms with Crippen molar-refractivity contribution in [1.82, 2.24) is 20.1 Å². The largest absolute Gasteiger partial charge is 0.379 e. The van der Waals surface area contributed by atoms with Crippen molar-refractivity contribution in [2.45, 2.75) is 25.2 Å². The molecule has 4 rings (SSSR count). The number of ether oxygens (including phenoxy) is 1. The molecule has 1 aromatic heterocycles. The Morgan fingerprint density at radius 2 is 2.11 bits per heavy atom. The second kappa shape index (κ2) is 9.28. The highest BCUT2D eigenvalue weighted by atomic mass is 32.1. The van der Waals surface area contributed by atoms with Crippen LogP contribution in [0.4, 0.5) is 0 Å². The molecule has 2 fully saturated rings. The first-order chi connectivity index (χ1) is 13.3. The molecule has 7 heteroatoms. The van der Waals surface area contributed by atoms with Gasteiger partial charge in [-0.05, 0) is 50.2 Å². The average Bonchev–Trinajstić information content (AvgIpc) is 3.16. The number of nitrogens with zero attached hydrogens (tertiary/aromatic N) is 3. The van der Waals surface area contributed by atoms with Crippen LogP contribution in [-0.2, 0) is 4.74 Å². The van der Waals surface area contributed by atoms with E-state index in [1.54, 1.807) is 0 Å². The van der Waals surface area contributed by atoms with Crippen LogP contribution >= 0.6 is 23.6 Å². The molecular formula is C20H28N4OS2. The van der Waals surface area contributed by atoms with Gasteiger partial charge in [0.1, 0.15) is 0 Å². The number of thiazole rings is 1. The van der Waals surface area contributed by atoms with E-state index in [1.165, 1.54) is 22.5 Å². The van der Waals surface area contributed by atoms with Crippen molar-refractivity contribution in [1.29, 1.82) is 0 Å². The summed E-state index contributed by atoms with van der Waals surface area (Å²) in [5.74, 6) is 0.490. The van der Waals surface area contributed by atoms with Crippen molar-refractivity contribution < 1.29 is 4.74 Å². The lowest BCUT2D eigenvalue weighted by Gasteiger charge is -2.34. The molecule has 1 aromatic carbocycles. The molecule has 2 aromatic rings. The first-order valence-corrected chi connectivity index (χ1v) is 11.2. The zero-order valence-corrected chi connectivity index (χ0v) is 17.4. The normalized spacial score (nSPS) is 21.5. The molecule has 2 aliphatic rings. The van der Waals surface area contributed by atoms with Gasteiger partial charge in [-0.25, -0.2) is 4.98 Å². The highest BCUT2D eigenvalue weighted by Crippen LogP contribution is 2.32. The summed E-state index contributed by atoms with van der Waals surface area (Å²) in [6, 6.07) is 8.43. The molecule has 2 aliphatic heterocycles. The second-order valence-electron chi connectivity index (χ2n) is 7.34. The molecular weight excluding hydrogens is 376 g/mol. The summed E-state index contributed by atoms with van der Waals surface area (Å²) in [5.41, 5.74) is 1.12. The van der Waals surface area contributed by atoms with E-state index in [9.17, 15) is 0 Å². The molecule has 0 spiro atoms. The minimum Gasteiger partial charge on any atom is -0.379 e. The zero-order chi connectivity index (χ0) is 18.5. The average molecular weight is 405 g/mol. The summed E-state index contributed by atoms with van der Waals surface area (Å²) < 4.78 is 6.69. The summed E-state index contributed by atoms with van der Waals surface area (Å²) >= 11 is 7.51. The topological polar surface area (TPSA) is 40.6 Å². The smallest absolute Gasteiger partial charge is 0.168 e. The summed E-state index contributed by atoms with van der Waals surface area (Å²) in [7, 11) is 0. The predicted octanol–water partition coefficient (Wildman–Crippen LogP) is 3.07. The van der Waals surface area contributed by atoms with Crippen molar-refractivity contribution >= 4 is 38.9 Å². The summed E-state index contributed by atoms with van der Waals surface area (Å²) in [5, 5.41) is 5.64. The molecule has 27 heavy (non-hydrogen) atoms. The van der Waals surface area contributed by atoms with Crippen molar-refractivity contribution in [3.63, 3.8) is 0 Å². The number of likely N-dealkylation sites (tertiary alicyclic amines) is 1. The minimum atomic E-state index is 0.490. The van der Waals surface area contributed by atoms with Gasteiger partial charge in [0.05, 0.1) is 28.4 Å². The number of hydrogen-bond donors (Lipinski definition) is 1. The number of para-hydroxylation sites is 1. The van der Waals surface area contributed by atoms with Crippen LogP contribution < -0.4 is 5.32 Å². The number of benzene rings is 1. The first-order valence-electron chi connectivity index (χ1n) is 9.98. The van der Waals surface area contributed by atoms with E-state index in [4.69, 9.17) is 21.9 Å². The lowest BCUT2D eigenvalue weighted by molar-refractivity contribution is 0.0375. The van der Waals surface area contributed by atoms with E-state index in [1.807, 2.05) is 11.3 Å². The number of hydrogen-bond acceptors (Lipinski definition) is 5. The van der Waals surface area contributed by atoms with Crippen molar-refractivity contribution in [2.75, 3.05) is 52.5 Å². The maximum atomic E-state index is 5.68. The molecule has 0 aliphatic carbocycles. The van der Waals surface area contributed by atoms with E-state index < -0.39 is 0 Å². The molecule has 0 unspecified atom stereocenters. The fourth-order valence-corrected chi connectivity index (χ4v) is 5.22. The molecule has 146 valence electrons. The van der Waals surface area contributed by atoms with Gasteiger partial charge in [-0.2, -0.15) is 0 Å². The van der Waals surface area contributed by atoms with Gasteiger partial charge in [0.25, 0.3) is 0 Å². The number of thiocarbonyl (C=S) groups is 1. The number of nitrogens with one attached hydrogen (secondary N) is 1. The Bertz CT molecular complexity index is 726. The summed E-state index contributed by atoms with van der Waals surface area (Å²) in [6.07, 6.45) is 3.50. The summed E-state index contributed by atoms with van der Waals surface area (Å²) in [4.78, 5) is 9.68. The van der Waals surface area contributed by atoms with E-state index in [-0.39, 0.29) is 0 Å². The van der Waals surface area contributed by atoms with Crippen LogP contribution in [0.5, 0.6) is 0 Å². The number of fused-ring (bicyclic) bond motifs is 1. The minimum absolute atomic E-state index is 0.490. The van der Waals surface area contributed by atoms with Crippen molar-refractivity contribution in [3.05, 3.63) is 29.3 Å². The van der Waals surface area contributed by atoms with E-state index >= 15 is 0 Å². The third-order valence-corrected chi connectivity index (χ3v) is 7.00. The van der Waals surface area contributed by atoms with Gasteiger partial charge in [-0.3, -0.25) is 4.90 Å². The Morgan fingerprint density at radius 3 is 2.96 bits per heavy atom. The molecule has 0 amide bonds. The first kappa shape index (κ1) is 19.1. The van der Waals surface area contributed by atoms with Crippen LogP contribution in [0.3, 0.4) is 0 Å². The monoisotopic (exact) mass is 404 g/mol. The summed E-state index contributed by atoms with van der Waals surface area (Å²) in [6.45, 7) is 7.94. The Hall–Kier alpha value is -1.28. The van der Waals surface area contributed by atoms with Gasteiger partial charge in [-0.1, -0.05) is 12.1 Å². The molecule has 1 N–H and O–H groups in total. The van der Waals surface area contributed by atoms with Crippen molar-refractivity contribution in [2.24, 2.45) is 0 Å². The number of aromatic nitrogens is 1. The number of morpholine rings is 1. The van der Waals surface area contributed by atoms with Crippen LogP contribution in [0.25, 0.3) is 10.2 Å². The molecule has 0 radical (unpaired) electrons. The van der Waals surface area contributed by atoms with Gasteiger partial charge in [0, 0.05) is 38.6 Å². The Labute approximate surface area is 170 Å². The lowest BCUT2D eigenvalue weighted by atomic mass is 9.99. The molecule has 5 nitrogen and oxygen atoms in total. The molecule has 1 atom stereocenters. The zero-order valence-electron chi connectivity index (χ0n) is 15.7.